The lowest BCUT2D eigenvalue weighted by molar-refractivity contribution is -0.141. The Morgan fingerprint density at radius 1 is 1.35 bits per heavy atom. The fourth-order valence-corrected chi connectivity index (χ4v) is 3.19. The SMILES string of the molecule is COC(=O)CCCN(C)S(=O)(=O)c1ccc(Cl)c(C(F)(F)F)c1. The van der Waals surface area contributed by atoms with Crippen LogP contribution in [0.15, 0.2) is 23.1 Å². The standard InChI is InChI=1S/C13H15ClF3NO4S/c1-18(7-3-4-12(19)22-2)23(20,21)9-5-6-11(14)10(8-9)13(15,16)17/h5-6,8H,3-4,7H2,1-2H3. The molecular formula is C13H15ClF3NO4S. The first-order valence-corrected chi connectivity index (χ1v) is 8.22. The number of benzene rings is 1. The Hall–Kier alpha value is -1.32. The van der Waals surface area contributed by atoms with Crippen molar-refractivity contribution in [2.24, 2.45) is 0 Å². The van der Waals surface area contributed by atoms with Crippen molar-refractivity contribution in [3.63, 3.8) is 0 Å². The second kappa shape index (κ2) is 7.50. The molecule has 23 heavy (non-hydrogen) atoms. The van der Waals surface area contributed by atoms with Crippen LogP contribution in [0.2, 0.25) is 5.02 Å². The zero-order valence-electron chi connectivity index (χ0n) is 12.4. The van der Waals surface area contributed by atoms with Crippen LogP contribution in [-0.2, 0) is 25.7 Å². The average Bonchev–Trinajstić information content (AvgIpc) is 2.45. The molecule has 0 spiro atoms. The van der Waals surface area contributed by atoms with Gasteiger partial charge in [0.2, 0.25) is 10.0 Å². The van der Waals surface area contributed by atoms with Crippen molar-refractivity contribution in [2.45, 2.75) is 23.9 Å². The van der Waals surface area contributed by atoms with Crippen molar-refractivity contribution in [2.75, 3.05) is 20.7 Å². The van der Waals surface area contributed by atoms with Crippen LogP contribution in [0.3, 0.4) is 0 Å². The van der Waals surface area contributed by atoms with E-state index in [4.69, 9.17) is 11.6 Å². The molecule has 0 atom stereocenters. The molecule has 0 unspecified atom stereocenters. The number of esters is 1. The minimum atomic E-state index is -4.76. The van der Waals surface area contributed by atoms with Crippen LogP contribution in [-0.4, -0.2) is 39.4 Å². The molecule has 0 aromatic heterocycles. The second-order valence-electron chi connectivity index (χ2n) is 4.65. The van der Waals surface area contributed by atoms with E-state index in [-0.39, 0.29) is 19.4 Å². The average molecular weight is 374 g/mol. The summed E-state index contributed by atoms with van der Waals surface area (Å²) in [4.78, 5) is 10.5. The molecule has 0 aliphatic carbocycles. The molecule has 130 valence electrons. The number of sulfonamides is 1. The number of carbonyl (C=O) groups excluding carboxylic acids is 1. The zero-order chi connectivity index (χ0) is 17.8. The predicted octanol–water partition coefficient (Wildman–Crippen LogP) is 2.93. The van der Waals surface area contributed by atoms with E-state index >= 15 is 0 Å². The Morgan fingerprint density at radius 3 is 2.48 bits per heavy atom. The van der Waals surface area contributed by atoms with Crippen LogP contribution in [0.5, 0.6) is 0 Å². The Morgan fingerprint density at radius 2 is 1.96 bits per heavy atom. The summed E-state index contributed by atoms with van der Waals surface area (Å²) in [6.45, 7) is -0.0403. The molecule has 0 aliphatic heterocycles. The van der Waals surface area contributed by atoms with Crippen molar-refractivity contribution >= 4 is 27.6 Å². The number of halogens is 4. The van der Waals surface area contributed by atoms with Gasteiger partial charge in [-0.15, -0.1) is 0 Å². The van der Waals surface area contributed by atoms with Gasteiger partial charge in [0.25, 0.3) is 0 Å². The fourth-order valence-electron chi connectivity index (χ4n) is 1.73. The Balaban J connectivity index is 2.98. The maximum Gasteiger partial charge on any atom is 0.417 e. The largest absolute Gasteiger partial charge is 0.469 e. The molecule has 0 saturated carbocycles. The maximum atomic E-state index is 12.8. The van der Waals surface area contributed by atoms with Gasteiger partial charge in [-0.3, -0.25) is 4.79 Å². The third-order valence-corrected chi connectivity index (χ3v) is 5.22. The summed E-state index contributed by atoms with van der Waals surface area (Å²) in [5.74, 6) is -0.498. The minimum Gasteiger partial charge on any atom is -0.469 e. The summed E-state index contributed by atoms with van der Waals surface area (Å²) in [5.41, 5.74) is -1.22. The van der Waals surface area contributed by atoms with E-state index in [1.165, 1.54) is 14.2 Å². The molecule has 10 heteroatoms. The summed E-state index contributed by atoms with van der Waals surface area (Å²) in [5, 5.41) is -0.579. The number of methoxy groups -OCH3 is 1. The van der Waals surface area contributed by atoms with E-state index < -0.39 is 37.7 Å². The normalized spacial score (nSPS) is 12.5. The summed E-state index contributed by atoms with van der Waals surface area (Å²) < 4.78 is 68.2. The monoisotopic (exact) mass is 373 g/mol. The van der Waals surface area contributed by atoms with Crippen molar-refractivity contribution in [3.8, 4) is 0 Å². The number of nitrogens with zero attached hydrogens (tertiary/aromatic N) is 1. The molecule has 0 fully saturated rings. The van der Waals surface area contributed by atoms with Crippen LogP contribution in [0.25, 0.3) is 0 Å². The lowest BCUT2D eigenvalue weighted by Gasteiger charge is -2.18. The first-order chi connectivity index (χ1) is 10.5. The molecule has 0 saturated heterocycles. The number of rotatable bonds is 6. The molecule has 0 heterocycles. The van der Waals surface area contributed by atoms with Crippen LogP contribution in [0.1, 0.15) is 18.4 Å². The van der Waals surface area contributed by atoms with Crippen LogP contribution in [0.4, 0.5) is 13.2 Å². The summed E-state index contributed by atoms with van der Waals surface area (Å²) in [6.07, 6.45) is -4.57. The van der Waals surface area contributed by atoms with Gasteiger partial charge in [-0.2, -0.15) is 13.2 Å². The first kappa shape index (κ1) is 19.7. The lowest BCUT2D eigenvalue weighted by atomic mass is 10.2. The van der Waals surface area contributed by atoms with Gasteiger partial charge in [0.1, 0.15) is 0 Å². The quantitative estimate of drug-likeness (QED) is 0.719. The molecule has 5 nitrogen and oxygen atoms in total. The highest BCUT2D eigenvalue weighted by Gasteiger charge is 2.35. The van der Waals surface area contributed by atoms with Gasteiger partial charge in [0.05, 0.1) is 22.6 Å². The van der Waals surface area contributed by atoms with Gasteiger partial charge in [-0.1, -0.05) is 11.6 Å². The molecule has 1 rings (SSSR count). The molecule has 0 bridgehead atoms. The molecule has 0 N–H and O–H groups in total. The highest BCUT2D eigenvalue weighted by molar-refractivity contribution is 7.89. The highest BCUT2D eigenvalue weighted by Crippen LogP contribution is 2.36. The second-order valence-corrected chi connectivity index (χ2v) is 7.10. The smallest absolute Gasteiger partial charge is 0.417 e. The van der Waals surface area contributed by atoms with Gasteiger partial charge in [-0.05, 0) is 24.6 Å². The third-order valence-electron chi connectivity index (χ3n) is 3.03. The molecule has 1 aromatic rings. The topological polar surface area (TPSA) is 63.7 Å². The number of hydrogen-bond acceptors (Lipinski definition) is 4. The van der Waals surface area contributed by atoms with E-state index in [2.05, 4.69) is 4.74 Å². The minimum absolute atomic E-state index is 0.00474. The maximum absolute atomic E-state index is 12.8. The van der Waals surface area contributed by atoms with E-state index in [9.17, 15) is 26.4 Å². The number of ether oxygens (including phenoxy) is 1. The van der Waals surface area contributed by atoms with E-state index in [0.717, 1.165) is 16.4 Å². The van der Waals surface area contributed by atoms with Gasteiger partial charge in [0, 0.05) is 20.0 Å². The fraction of sp³-hybridized carbons (Fsp3) is 0.462. The third kappa shape index (κ3) is 5.08. The van der Waals surface area contributed by atoms with Gasteiger partial charge < -0.3 is 4.74 Å². The molecule has 1 aromatic carbocycles. The van der Waals surface area contributed by atoms with E-state index in [0.29, 0.717) is 6.07 Å². The number of carbonyl (C=O) groups is 1. The Kier molecular flexibility index (Phi) is 6.43. The summed E-state index contributed by atoms with van der Waals surface area (Å²) in [7, 11) is -1.70. The van der Waals surface area contributed by atoms with Crippen LogP contribution in [0, 0.1) is 0 Å². The van der Waals surface area contributed by atoms with E-state index in [1.807, 2.05) is 0 Å². The van der Waals surface area contributed by atoms with Crippen molar-refractivity contribution in [1.29, 1.82) is 0 Å². The van der Waals surface area contributed by atoms with Gasteiger partial charge in [-0.25, -0.2) is 12.7 Å². The van der Waals surface area contributed by atoms with Crippen LogP contribution < -0.4 is 0 Å². The van der Waals surface area contributed by atoms with Gasteiger partial charge >= 0.3 is 12.1 Å². The summed E-state index contributed by atoms with van der Waals surface area (Å²) >= 11 is 5.47. The van der Waals surface area contributed by atoms with E-state index in [1.54, 1.807) is 0 Å². The molecular weight excluding hydrogens is 359 g/mol. The summed E-state index contributed by atoms with van der Waals surface area (Å²) in [6, 6.07) is 2.39. The predicted molar refractivity (Wildman–Crippen MR) is 77.5 cm³/mol. The lowest BCUT2D eigenvalue weighted by Crippen LogP contribution is -2.28. The van der Waals surface area contributed by atoms with Crippen molar-refractivity contribution in [1.82, 2.24) is 4.31 Å². The Labute approximate surface area is 137 Å². The molecule has 0 amide bonds. The van der Waals surface area contributed by atoms with Crippen LogP contribution >= 0.6 is 11.6 Å². The van der Waals surface area contributed by atoms with Crippen molar-refractivity contribution in [3.05, 3.63) is 28.8 Å². The number of hydrogen-bond donors (Lipinski definition) is 0. The van der Waals surface area contributed by atoms with Gasteiger partial charge in [0.15, 0.2) is 0 Å². The highest BCUT2D eigenvalue weighted by atomic mass is 35.5. The first-order valence-electron chi connectivity index (χ1n) is 6.40. The van der Waals surface area contributed by atoms with Crippen molar-refractivity contribution < 1.29 is 31.1 Å². The Bertz CT molecular complexity index is 676. The molecule has 0 aliphatic rings. The zero-order valence-corrected chi connectivity index (χ0v) is 13.9. The number of alkyl halides is 3. The molecule has 0 radical (unpaired) electrons.